The van der Waals surface area contributed by atoms with E-state index in [-0.39, 0.29) is 83.5 Å². The van der Waals surface area contributed by atoms with E-state index in [1.807, 2.05) is 13.8 Å². The first-order valence-electron chi connectivity index (χ1n) is 12.7. The van der Waals surface area contributed by atoms with Crippen molar-refractivity contribution in [3.05, 3.63) is 46.1 Å². The lowest BCUT2D eigenvalue weighted by Crippen LogP contribution is -2.35. The molecule has 2 saturated heterocycles. The van der Waals surface area contributed by atoms with Crippen LogP contribution in [0.25, 0.3) is 21.5 Å². The van der Waals surface area contributed by atoms with Gasteiger partial charge in [-0.1, -0.05) is 13.8 Å². The first-order valence-corrected chi connectivity index (χ1v) is 13.5. The zero-order chi connectivity index (χ0) is 28.9. The molecule has 8 nitrogen and oxygen atoms in total. The van der Waals surface area contributed by atoms with Crippen molar-refractivity contribution < 1.29 is 31.9 Å². The van der Waals surface area contributed by atoms with E-state index in [9.17, 15) is 31.9 Å². The monoisotopic (exact) mass is 611 g/mol. The number of halogens is 5. The molecular weight excluding hydrogens is 586 g/mol. The molecule has 4 atom stereocenters. The third-order valence-electron chi connectivity index (χ3n) is 8.22. The molecule has 2 N–H and O–H groups in total. The van der Waals surface area contributed by atoms with Crippen LogP contribution < -0.4 is 5.73 Å². The number of alkyl halides is 4. The molecule has 5 heterocycles. The van der Waals surface area contributed by atoms with E-state index in [0.717, 1.165) is 17.4 Å². The fourth-order valence-corrected chi connectivity index (χ4v) is 7.08. The molecule has 0 bridgehead atoms. The number of fused-ring (bicyclic) bond motifs is 2. The predicted octanol–water partition coefficient (Wildman–Crippen LogP) is 4.37. The molecule has 41 heavy (non-hydrogen) atoms. The highest BCUT2D eigenvalue weighted by atomic mass is 35.5. The zero-order valence-corrected chi connectivity index (χ0v) is 23.8. The Balaban J connectivity index is 0.00000337. The highest BCUT2D eigenvalue weighted by molar-refractivity contribution is 7.19. The van der Waals surface area contributed by atoms with Crippen molar-refractivity contribution in [1.29, 1.82) is 0 Å². The first-order chi connectivity index (χ1) is 18.7. The van der Waals surface area contributed by atoms with Crippen LogP contribution in [-0.2, 0) is 22.3 Å². The van der Waals surface area contributed by atoms with Crippen LogP contribution in [0.15, 0.2) is 24.4 Å². The fraction of sp³-hybridized carbons (Fsp3) is 0.444. The maximum atomic E-state index is 14.1. The number of nitrogens with zero attached hydrogens (tertiary/aromatic N) is 4. The molecule has 218 valence electrons. The Bertz CT molecular complexity index is 1580. The molecular formula is C27H26ClF4N5O3S. The van der Waals surface area contributed by atoms with E-state index < -0.39 is 30.0 Å². The summed E-state index contributed by atoms with van der Waals surface area (Å²) >= 11 is 1.16. The second-order valence-corrected chi connectivity index (χ2v) is 12.4. The molecule has 1 aliphatic carbocycles. The van der Waals surface area contributed by atoms with Gasteiger partial charge in [-0.25, -0.2) is 9.37 Å². The lowest BCUT2D eigenvalue weighted by Gasteiger charge is -2.21. The topological polar surface area (TPSA) is 109 Å². The predicted molar refractivity (Wildman–Crippen MR) is 145 cm³/mol. The third kappa shape index (κ3) is 4.58. The minimum absolute atomic E-state index is 0. The van der Waals surface area contributed by atoms with Crippen molar-refractivity contribution in [3.63, 3.8) is 0 Å². The van der Waals surface area contributed by atoms with Gasteiger partial charge in [0.15, 0.2) is 0 Å². The van der Waals surface area contributed by atoms with Crippen molar-refractivity contribution in [2.75, 3.05) is 13.1 Å². The van der Waals surface area contributed by atoms with Gasteiger partial charge in [-0.2, -0.15) is 13.2 Å². The summed E-state index contributed by atoms with van der Waals surface area (Å²) in [4.78, 5) is 50.4. The van der Waals surface area contributed by atoms with Gasteiger partial charge in [0.1, 0.15) is 11.9 Å². The van der Waals surface area contributed by atoms with Crippen LogP contribution in [0, 0.1) is 24.2 Å². The van der Waals surface area contributed by atoms with Crippen molar-refractivity contribution >= 4 is 51.7 Å². The number of piperidine rings is 1. The number of imide groups is 1. The molecule has 3 aromatic rings. The summed E-state index contributed by atoms with van der Waals surface area (Å²) < 4.78 is 56.0. The summed E-state index contributed by atoms with van der Waals surface area (Å²) in [6.07, 6.45) is -4.83. The van der Waals surface area contributed by atoms with Crippen LogP contribution >= 0.6 is 23.7 Å². The number of likely N-dealkylation sites (tertiary alicyclic amines) is 2. The van der Waals surface area contributed by atoms with E-state index in [1.165, 1.54) is 29.0 Å². The van der Waals surface area contributed by atoms with Crippen LogP contribution in [0.3, 0.4) is 0 Å². The number of rotatable bonds is 4. The van der Waals surface area contributed by atoms with Gasteiger partial charge >= 0.3 is 6.18 Å². The smallest absolute Gasteiger partial charge is 0.334 e. The Kier molecular flexibility index (Phi) is 6.94. The summed E-state index contributed by atoms with van der Waals surface area (Å²) in [5.41, 5.74) is 4.64. The van der Waals surface area contributed by atoms with Crippen LogP contribution in [-0.4, -0.2) is 62.8 Å². The number of carbonyl (C=O) groups excluding carboxylic acids is 3. The highest BCUT2D eigenvalue weighted by Gasteiger charge is 2.72. The average molecular weight is 612 g/mol. The van der Waals surface area contributed by atoms with Gasteiger partial charge in [0.25, 0.3) is 5.91 Å². The van der Waals surface area contributed by atoms with Gasteiger partial charge in [0.2, 0.25) is 11.8 Å². The maximum absolute atomic E-state index is 14.1. The summed E-state index contributed by atoms with van der Waals surface area (Å²) in [6.45, 7) is 4.82. The number of carbonyl (C=O) groups is 3. The van der Waals surface area contributed by atoms with E-state index in [1.54, 1.807) is 6.07 Å². The summed E-state index contributed by atoms with van der Waals surface area (Å²) in [7, 11) is 0. The van der Waals surface area contributed by atoms with Gasteiger partial charge in [-0.3, -0.25) is 24.3 Å². The molecule has 3 fully saturated rings. The first kappa shape index (κ1) is 29.3. The fourth-order valence-electron chi connectivity index (χ4n) is 5.96. The number of aromatic nitrogens is 2. The van der Waals surface area contributed by atoms with E-state index >= 15 is 0 Å². The van der Waals surface area contributed by atoms with Crippen molar-refractivity contribution in [2.24, 2.45) is 23.0 Å². The average Bonchev–Trinajstić information content (AvgIpc) is 3.17. The molecule has 6 rings (SSSR count). The molecule has 3 aromatic heterocycles. The lowest BCUT2D eigenvalue weighted by molar-refractivity contribution is -0.144. The molecule has 0 radical (unpaired) electrons. The zero-order valence-electron chi connectivity index (χ0n) is 22.2. The Morgan fingerprint density at radius 2 is 1.83 bits per heavy atom. The van der Waals surface area contributed by atoms with Crippen LogP contribution in [0.5, 0.6) is 0 Å². The van der Waals surface area contributed by atoms with Crippen LogP contribution in [0.4, 0.5) is 17.6 Å². The number of nitrogens with two attached hydrogens (primary N) is 1. The van der Waals surface area contributed by atoms with E-state index in [4.69, 9.17) is 5.73 Å². The number of thiophene rings is 1. The molecule has 0 spiro atoms. The van der Waals surface area contributed by atoms with E-state index in [0.29, 0.717) is 15.1 Å². The minimum Gasteiger partial charge on any atom is -0.334 e. The van der Waals surface area contributed by atoms with Crippen molar-refractivity contribution in [1.82, 2.24) is 19.8 Å². The number of amides is 3. The molecule has 1 saturated carbocycles. The Hall–Kier alpha value is -3.16. The molecule has 3 amide bonds. The summed E-state index contributed by atoms with van der Waals surface area (Å²) in [5, 5.41) is 0. The SMILES string of the molecule is Cc1cc(C(F)(F)F)nc(-c2ccnc3cc(CN4C(=O)C5C(C4=O)C5(C)C)sc23)c1C(=O)N1C[C@H](N)[C@@H](F)C1.Cl. The second-order valence-electron chi connectivity index (χ2n) is 11.3. The van der Waals surface area contributed by atoms with E-state index in [2.05, 4.69) is 9.97 Å². The van der Waals surface area contributed by atoms with Gasteiger partial charge < -0.3 is 10.6 Å². The molecule has 2 aliphatic heterocycles. The van der Waals surface area contributed by atoms with Crippen LogP contribution in [0.2, 0.25) is 0 Å². The van der Waals surface area contributed by atoms with Gasteiger partial charge in [-0.15, -0.1) is 23.7 Å². The van der Waals surface area contributed by atoms with Gasteiger partial charge in [-0.05, 0) is 36.1 Å². The molecule has 14 heteroatoms. The lowest BCUT2D eigenvalue weighted by atomic mass is 9.99. The maximum Gasteiger partial charge on any atom is 0.433 e. The van der Waals surface area contributed by atoms with Crippen LogP contribution in [0.1, 0.15) is 40.3 Å². The third-order valence-corrected chi connectivity index (χ3v) is 9.36. The summed E-state index contributed by atoms with van der Waals surface area (Å²) in [6, 6.07) is 3.05. The summed E-state index contributed by atoms with van der Waals surface area (Å²) in [5.74, 6) is -1.80. The number of pyridine rings is 2. The normalized spacial score (nSPS) is 25.1. The number of hydrogen-bond donors (Lipinski definition) is 1. The largest absolute Gasteiger partial charge is 0.433 e. The van der Waals surface area contributed by atoms with Crippen molar-refractivity contribution in [3.8, 4) is 11.3 Å². The number of hydrogen-bond acceptors (Lipinski definition) is 7. The molecule has 2 unspecified atom stereocenters. The minimum atomic E-state index is -4.78. The van der Waals surface area contributed by atoms with Crippen molar-refractivity contribution in [2.45, 2.75) is 45.7 Å². The van der Waals surface area contributed by atoms with Gasteiger partial charge in [0, 0.05) is 23.2 Å². The Labute approximate surface area is 242 Å². The highest BCUT2D eigenvalue weighted by Crippen LogP contribution is 2.63. The second kappa shape index (κ2) is 9.70. The quantitative estimate of drug-likeness (QED) is 0.347. The standard InChI is InChI=1S/C27H25F4N5O3S.ClH/c1-11-6-17(27(29,30)31)34-21(18(11)23(37)35-9-14(28)15(32)10-35)13-4-5-33-16-7-12(40-22(13)16)8-36-24(38)19-20(25(36)39)26(19,2)3;/h4-7,14-15,19-20H,8-10,32H2,1-3H3;1H/t14-,15-,19?,20?;/m0./s1. The van der Waals surface area contributed by atoms with Gasteiger partial charge in [0.05, 0.1) is 52.4 Å². The Morgan fingerprint density at radius 1 is 1.17 bits per heavy atom. The Morgan fingerprint density at radius 3 is 2.41 bits per heavy atom. The molecule has 3 aliphatic rings. The number of aryl methyl sites for hydroxylation is 1. The molecule has 0 aromatic carbocycles.